The van der Waals surface area contributed by atoms with Gasteiger partial charge in [-0.3, -0.25) is 14.5 Å². The van der Waals surface area contributed by atoms with Gasteiger partial charge in [0.1, 0.15) is 17.9 Å². The van der Waals surface area contributed by atoms with Crippen LogP contribution in [0.15, 0.2) is 120 Å². The molecule has 260 valence electrons. The van der Waals surface area contributed by atoms with Gasteiger partial charge in [0.2, 0.25) is 5.91 Å². The van der Waals surface area contributed by atoms with Crippen molar-refractivity contribution in [3.8, 4) is 28.1 Å². The summed E-state index contributed by atoms with van der Waals surface area (Å²) in [4.78, 5) is 34.9. The van der Waals surface area contributed by atoms with E-state index in [1.165, 1.54) is 10.8 Å². The summed E-state index contributed by atoms with van der Waals surface area (Å²) in [5.41, 5.74) is 4.70. The van der Waals surface area contributed by atoms with Gasteiger partial charge in [0.05, 0.1) is 22.1 Å². The third-order valence-electron chi connectivity index (χ3n) is 9.60. The molecule has 6 aromatic rings. The standard InChI is InChI=1S/C40H39N5O5S/c1-5-19-44-26-35(34-18-20-45(38(34)40(44)47)51(48,49)33-14-6-27(2)7-15-33)30-10-16-37-31(25-30)11-17-36(41-37)29-8-12-32(13-9-29)50-24-23-43-22-21-42(4)39(46)28(43)3/h5-18,20,25-26,28H,1,19,21-24H2,2-4H3/t28-/m1/s1. The number of fused-ring (bicyclic) bond motifs is 2. The van der Waals surface area contributed by atoms with Crippen molar-refractivity contribution < 1.29 is 17.9 Å². The van der Waals surface area contributed by atoms with Crippen molar-refractivity contribution in [3.05, 3.63) is 126 Å². The summed E-state index contributed by atoms with van der Waals surface area (Å²) in [6, 6.07) is 25.8. The minimum Gasteiger partial charge on any atom is -0.492 e. The maximum Gasteiger partial charge on any atom is 0.276 e. The molecule has 1 aliphatic heterocycles. The number of carbonyl (C=O) groups is 1. The predicted octanol–water partition coefficient (Wildman–Crippen LogP) is 5.96. The van der Waals surface area contributed by atoms with Gasteiger partial charge in [0.15, 0.2) is 0 Å². The van der Waals surface area contributed by atoms with Gasteiger partial charge in [0, 0.05) is 67.5 Å². The number of amides is 1. The topological polar surface area (TPSA) is 107 Å². The molecule has 1 saturated heterocycles. The number of benzene rings is 3. The van der Waals surface area contributed by atoms with Gasteiger partial charge in [-0.05, 0) is 80.1 Å². The largest absolute Gasteiger partial charge is 0.492 e. The average Bonchev–Trinajstić information content (AvgIpc) is 3.60. The van der Waals surface area contributed by atoms with E-state index >= 15 is 0 Å². The molecule has 10 nitrogen and oxygen atoms in total. The first-order chi connectivity index (χ1) is 24.5. The number of likely N-dealkylation sites (N-methyl/N-ethyl adjacent to an activating group) is 1. The number of rotatable bonds is 10. The van der Waals surface area contributed by atoms with Crippen LogP contribution in [0.1, 0.15) is 12.5 Å². The van der Waals surface area contributed by atoms with Crippen molar-refractivity contribution in [1.82, 2.24) is 23.3 Å². The zero-order valence-electron chi connectivity index (χ0n) is 28.8. The minimum absolute atomic E-state index is 0.0832. The zero-order chi connectivity index (χ0) is 35.9. The van der Waals surface area contributed by atoms with Crippen molar-refractivity contribution in [1.29, 1.82) is 0 Å². The number of aromatic nitrogens is 3. The van der Waals surface area contributed by atoms with Gasteiger partial charge in [-0.2, -0.15) is 0 Å². The lowest BCUT2D eigenvalue weighted by molar-refractivity contribution is -0.139. The molecule has 1 fully saturated rings. The molecular formula is C40H39N5O5S. The van der Waals surface area contributed by atoms with Crippen molar-refractivity contribution >= 4 is 37.7 Å². The van der Waals surface area contributed by atoms with E-state index in [1.54, 1.807) is 47.5 Å². The average molecular weight is 702 g/mol. The summed E-state index contributed by atoms with van der Waals surface area (Å²) in [5.74, 6) is 0.889. The normalized spacial score (nSPS) is 15.5. The van der Waals surface area contributed by atoms with Crippen LogP contribution in [0.25, 0.3) is 44.2 Å². The Morgan fingerprint density at radius 2 is 1.69 bits per heavy atom. The Morgan fingerprint density at radius 3 is 2.43 bits per heavy atom. The van der Waals surface area contributed by atoms with Crippen LogP contribution < -0.4 is 10.3 Å². The van der Waals surface area contributed by atoms with Gasteiger partial charge in [-0.25, -0.2) is 17.4 Å². The van der Waals surface area contributed by atoms with Crippen LogP contribution in [0.5, 0.6) is 5.75 Å². The van der Waals surface area contributed by atoms with Crippen LogP contribution in [0.3, 0.4) is 0 Å². The van der Waals surface area contributed by atoms with Gasteiger partial charge in [-0.1, -0.05) is 35.9 Å². The fourth-order valence-electron chi connectivity index (χ4n) is 6.61. The van der Waals surface area contributed by atoms with Gasteiger partial charge in [0.25, 0.3) is 15.6 Å². The first kappa shape index (κ1) is 34.0. The van der Waals surface area contributed by atoms with Crippen LogP contribution in [0, 0.1) is 6.92 Å². The fourth-order valence-corrected chi connectivity index (χ4v) is 7.95. The SMILES string of the molecule is C=CCn1cc(-c2ccc3nc(-c4ccc(OCCN5CCN(C)C(=O)[C@H]5C)cc4)ccc3c2)c2ccn(S(=O)(=O)c3ccc(C)cc3)c2c1=O. The molecule has 1 aliphatic rings. The molecule has 3 aromatic heterocycles. The Balaban J connectivity index is 1.15. The van der Waals surface area contributed by atoms with E-state index in [9.17, 15) is 18.0 Å². The molecular weight excluding hydrogens is 663 g/mol. The quantitative estimate of drug-likeness (QED) is 0.162. The van der Waals surface area contributed by atoms with E-state index in [-0.39, 0.29) is 28.9 Å². The molecule has 1 atom stereocenters. The molecule has 0 aliphatic carbocycles. The molecule has 0 bridgehead atoms. The highest BCUT2D eigenvalue weighted by atomic mass is 32.2. The molecule has 3 aromatic carbocycles. The number of aryl methyl sites for hydroxylation is 1. The maximum absolute atomic E-state index is 13.7. The van der Waals surface area contributed by atoms with E-state index in [0.717, 1.165) is 61.7 Å². The Morgan fingerprint density at radius 1 is 0.941 bits per heavy atom. The molecule has 11 heteroatoms. The van der Waals surface area contributed by atoms with Crippen molar-refractivity contribution in [2.45, 2.75) is 31.3 Å². The number of hydrogen-bond donors (Lipinski definition) is 0. The number of pyridine rings is 2. The van der Waals surface area contributed by atoms with Gasteiger partial charge < -0.3 is 14.2 Å². The number of nitrogens with zero attached hydrogens (tertiary/aromatic N) is 5. The second-order valence-corrected chi connectivity index (χ2v) is 14.7. The number of allylic oxidation sites excluding steroid dienone is 1. The molecule has 0 unspecified atom stereocenters. The third kappa shape index (κ3) is 6.46. The van der Waals surface area contributed by atoms with Crippen molar-refractivity contribution in [2.75, 3.05) is 33.3 Å². The molecule has 0 N–H and O–H groups in total. The lowest BCUT2D eigenvalue weighted by atomic mass is 10.0. The minimum atomic E-state index is -4.03. The Bertz CT molecular complexity index is 2450. The van der Waals surface area contributed by atoms with E-state index in [0.29, 0.717) is 18.5 Å². The van der Waals surface area contributed by atoms with Crippen molar-refractivity contribution in [3.63, 3.8) is 0 Å². The number of piperazine rings is 1. The van der Waals surface area contributed by atoms with Crippen LogP contribution >= 0.6 is 0 Å². The lowest BCUT2D eigenvalue weighted by Gasteiger charge is -2.37. The smallest absolute Gasteiger partial charge is 0.276 e. The Hall–Kier alpha value is -5.52. The monoisotopic (exact) mass is 701 g/mol. The summed E-state index contributed by atoms with van der Waals surface area (Å²) < 4.78 is 36.0. The summed E-state index contributed by atoms with van der Waals surface area (Å²) in [6.07, 6.45) is 4.82. The zero-order valence-corrected chi connectivity index (χ0v) is 29.6. The highest BCUT2D eigenvalue weighted by Gasteiger charge is 2.29. The highest BCUT2D eigenvalue weighted by Crippen LogP contribution is 2.32. The fraction of sp³-hybridized carbons (Fsp3) is 0.225. The second kappa shape index (κ2) is 13.7. The number of hydrogen-bond acceptors (Lipinski definition) is 7. The molecule has 51 heavy (non-hydrogen) atoms. The van der Waals surface area contributed by atoms with Crippen LogP contribution in [0.4, 0.5) is 0 Å². The molecule has 0 saturated carbocycles. The van der Waals surface area contributed by atoms with E-state index < -0.39 is 15.6 Å². The summed E-state index contributed by atoms with van der Waals surface area (Å²) >= 11 is 0. The number of carbonyl (C=O) groups excluding carboxylic acids is 1. The first-order valence-electron chi connectivity index (χ1n) is 16.9. The number of ether oxygens (including phenoxy) is 1. The second-order valence-electron chi connectivity index (χ2n) is 12.9. The summed E-state index contributed by atoms with van der Waals surface area (Å²) in [6.45, 7) is 10.6. The molecule has 0 spiro atoms. The molecule has 1 amide bonds. The Kier molecular flexibility index (Phi) is 9.09. The lowest BCUT2D eigenvalue weighted by Crippen LogP contribution is -2.55. The van der Waals surface area contributed by atoms with Gasteiger partial charge >= 0.3 is 0 Å². The first-order valence-corrected chi connectivity index (χ1v) is 18.3. The van der Waals surface area contributed by atoms with E-state index in [1.807, 2.05) is 75.5 Å². The van der Waals surface area contributed by atoms with E-state index in [4.69, 9.17) is 9.72 Å². The van der Waals surface area contributed by atoms with Crippen LogP contribution in [-0.4, -0.2) is 77.0 Å². The van der Waals surface area contributed by atoms with Gasteiger partial charge in [-0.15, -0.1) is 6.58 Å². The molecule has 7 rings (SSSR count). The van der Waals surface area contributed by atoms with Crippen LogP contribution in [0.2, 0.25) is 0 Å². The highest BCUT2D eigenvalue weighted by molar-refractivity contribution is 7.90. The van der Waals surface area contributed by atoms with Crippen LogP contribution in [-0.2, 0) is 21.4 Å². The third-order valence-corrected chi connectivity index (χ3v) is 11.3. The molecule has 0 radical (unpaired) electrons. The predicted molar refractivity (Wildman–Crippen MR) is 200 cm³/mol. The maximum atomic E-state index is 13.7. The van der Waals surface area contributed by atoms with Crippen molar-refractivity contribution in [2.24, 2.45) is 0 Å². The Labute approximate surface area is 296 Å². The van der Waals surface area contributed by atoms with E-state index in [2.05, 4.69) is 11.5 Å². The molecule has 4 heterocycles. The summed E-state index contributed by atoms with van der Waals surface area (Å²) in [7, 11) is -2.19. The summed E-state index contributed by atoms with van der Waals surface area (Å²) in [5, 5.41) is 1.43.